The molecule has 0 aliphatic carbocycles. The number of β-amino-alcohol motifs (C(OH)–C–C–N with tert-alkyl or cyclic N) is 1. The molecule has 2 aliphatic heterocycles. The summed E-state index contributed by atoms with van der Waals surface area (Å²) in [5, 5.41) is 9.76. The summed E-state index contributed by atoms with van der Waals surface area (Å²) in [5.41, 5.74) is 10.9. The molecule has 2 saturated heterocycles. The van der Waals surface area contributed by atoms with Crippen molar-refractivity contribution in [2.24, 2.45) is 0 Å². The van der Waals surface area contributed by atoms with Gasteiger partial charge in [0.1, 0.15) is 11.3 Å². The molecular weight excluding hydrogens is 380 g/mol. The van der Waals surface area contributed by atoms with Gasteiger partial charge in [0, 0.05) is 32.2 Å². The average molecular weight is 402 g/mol. The summed E-state index contributed by atoms with van der Waals surface area (Å²) in [7, 11) is 0. The van der Waals surface area contributed by atoms with Gasteiger partial charge in [0.25, 0.3) is 6.01 Å². The number of oxazole rings is 1. The summed E-state index contributed by atoms with van der Waals surface area (Å²) in [5.74, 6) is 0.898. The standard InChI is InChI=1S/C22H22N6O2/c23-22-26-19-8-14(2-4-20(19)30-22)13-1-3-17-18(7-13)25-21(9-24-17)28-10-15(11-28)27-6-5-16(29)12-27/h1-4,7-9,15-16,29H,5-6,10-12H2,(H2,23,26)/t16-/m1/s1. The zero-order valence-corrected chi connectivity index (χ0v) is 16.4. The molecule has 1 atom stereocenters. The van der Waals surface area contributed by atoms with Crippen molar-refractivity contribution in [2.75, 3.05) is 36.8 Å². The van der Waals surface area contributed by atoms with Crippen LogP contribution in [0.15, 0.2) is 47.0 Å². The van der Waals surface area contributed by atoms with E-state index in [1.807, 2.05) is 36.5 Å². The first kappa shape index (κ1) is 17.6. The summed E-state index contributed by atoms with van der Waals surface area (Å²) >= 11 is 0. The lowest BCUT2D eigenvalue weighted by Gasteiger charge is -2.44. The maximum Gasteiger partial charge on any atom is 0.292 e. The summed E-state index contributed by atoms with van der Waals surface area (Å²) < 4.78 is 5.36. The van der Waals surface area contributed by atoms with E-state index in [0.29, 0.717) is 11.6 Å². The van der Waals surface area contributed by atoms with E-state index >= 15 is 0 Å². The van der Waals surface area contributed by atoms with Crippen LogP contribution in [0.5, 0.6) is 0 Å². The average Bonchev–Trinajstić information content (AvgIpc) is 3.30. The number of likely N-dealkylation sites (tertiary alicyclic amines) is 1. The fourth-order valence-electron chi connectivity index (χ4n) is 4.43. The lowest BCUT2D eigenvalue weighted by molar-refractivity contribution is 0.147. The Hall–Kier alpha value is -3.23. The molecule has 4 aromatic rings. The largest absolute Gasteiger partial charge is 0.424 e. The predicted octanol–water partition coefficient (Wildman–Crippen LogP) is 2.28. The van der Waals surface area contributed by atoms with Crippen molar-refractivity contribution in [1.29, 1.82) is 0 Å². The molecule has 152 valence electrons. The van der Waals surface area contributed by atoms with Crippen molar-refractivity contribution < 1.29 is 9.52 Å². The topological polar surface area (TPSA) is 105 Å². The Labute approximate surface area is 173 Å². The third-order valence-electron chi connectivity index (χ3n) is 6.16. The number of benzene rings is 2. The molecule has 0 amide bonds. The lowest BCUT2D eigenvalue weighted by Crippen LogP contribution is -2.59. The smallest absolute Gasteiger partial charge is 0.292 e. The van der Waals surface area contributed by atoms with E-state index in [2.05, 4.69) is 25.8 Å². The minimum Gasteiger partial charge on any atom is -0.424 e. The van der Waals surface area contributed by atoms with Crippen molar-refractivity contribution in [3.05, 3.63) is 42.6 Å². The number of aromatic nitrogens is 3. The molecule has 30 heavy (non-hydrogen) atoms. The van der Waals surface area contributed by atoms with E-state index < -0.39 is 0 Å². The zero-order valence-electron chi connectivity index (χ0n) is 16.4. The summed E-state index contributed by atoms with van der Waals surface area (Å²) in [4.78, 5) is 18.3. The minimum absolute atomic E-state index is 0.174. The van der Waals surface area contributed by atoms with Crippen molar-refractivity contribution in [3.8, 4) is 11.1 Å². The van der Waals surface area contributed by atoms with E-state index in [0.717, 1.165) is 66.1 Å². The number of fused-ring (bicyclic) bond motifs is 2. The van der Waals surface area contributed by atoms with Crippen LogP contribution < -0.4 is 10.6 Å². The van der Waals surface area contributed by atoms with Crippen molar-refractivity contribution >= 4 is 34.0 Å². The molecular formula is C22H22N6O2. The van der Waals surface area contributed by atoms with Gasteiger partial charge in [-0.05, 0) is 41.8 Å². The molecule has 3 N–H and O–H groups in total. The van der Waals surface area contributed by atoms with Crippen LogP contribution >= 0.6 is 0 Å². The summed E-state index contributed by atoms with van der Waals surface area (Å²) in [6.07, 6.45) is 2.55. The Morgan fingerprint density at radius 3 is 2.57 bits per heavy atom. The van der Waals surface area contributed by atoms with Crippen LogP contribution in [0.4, 0.5) is 11.8 Å². The summed E-state index contributed by atoms with van der Waals surface area (Å²) in [6, 6.07) is 12.6. The van der Waals surface area contributed by atoms with Crippen LogP contribution in [-0.4, -0.2) is 63.3 Å². The van der Waals surface area contributed by atoms with E-state index in [4.69, 9.17) is 15.1 Å². The zero-order chi connectivity index (χ0) is 20.2. The monoisotopic (exact) mass is 402 g/mol. The molecule has 2 aromatic heterocycles. The van der Waals surface area contributed by atoms with Gasteiger partial charge in [0.05, 0.1) is 23.3 Å². The normalized spacial score (nSPS) is 20.3. The first-order valence-corrected chi connectivity index (χ1v) is 10.2. The molecule has 8 heteroatoms. The maximum atomic E-state index is 9.76. The molecule has 0 saturated carbocycles. The molecule has 2 fully saturated rings. The molecule has 0 bridgehead atoms. The first-order valence-electron chi connectivity index (χ1n) is 10.2. The van der Waals surface area contributed by atoms with Gasteiger partial charge in [-0.1, -0.05) is 12.1 Å². The van der Waals surface area contributed by atoms with Gasteiger partial charge >= 0.3 is 0 Å². The van der Waals surface area contributed by atoms with Crippen LogP contribution in [0, 0.1) is 0 Å². The van der Waals surface area contributed by atoms with Crippen LogP contribution in [0.2, 0.25) is 0 Å². The molecule has 6 rings (SSSR count). The Kier molecular flexibility index (Phi) is 3.90. The van der Waals surface area contributed by atoms with E-state index in [1.165, 1.54) is 0 Å². The molecule has 2 aliphatic rings. The van der Waals surface area contributed by atoms with Crippen LogP contribution in [0.25, 0.3) is 33.3 Å². The molecule has 4 heterocycles. The third-order valence-corrected chi connectivity index (χ3v) is 6.16. The van der Waals surface area contributed by atoms with Gasteiger partial charge in [-0.3, -0.25) is 9.88 Å². The minimum atomic E-state index is -0.175. The third kappa shape index (κ3) is 2.96. The molecule has 0 spiro atoms. The highest BCUT2D eigenvalue weighted by atomic mass is 16.4. The Bertz CT molecular complexity index is 1250. The molecule has 8 nitrogen and oxygen atoms in total. The number of nitrogens with two attached hydrogens (primary N) is 1. The highest BCUT2D eigenvalue weighted by Crippen LogP contribution is 2.29. The fourth-order valence-corrected chi connectivity index (χ4v) is 4.43. The number of hydrogen-bond donors (Lipinski definition) is 2. The molecule has 0 radical (unpaired) electrons. The second kappa shape index (κ2) is 6.65. The predicted molar refractivity (Wildman–Crippen MR) is 115 cm³/mol. The number of aliphatic hydroxyl groups is 1. The molecule has 0 unspecified atom stereocenters. The second-order valence-corrected chi connectivity index (χ2v) is 8.16. The molecule has 2 aromatic carbocycles. The van der Waals surface area contributed by atoms with Gasteiger partial charge in [-0.2, -0.15) is 4.98 Å². The number of hydrogen-bond acceptors (Lipinski definition) is 8. The van der Waals surface area contributed by atoms with E-state index in [1.54, 1.807) is 0 Å². The second-order valence-electron chi connectivity index (χ2n) is 8.16. The first-order chi connectivity index (χ1) is 14.6. The fraction of sp³-hybridized carbons (Fsp3) is 0.318. The Balaban J connectivity index is 1.26. The van der Waals surface area contributed by atoms with E-state index in [-0.39, 0.29) is 12.1 Å². The van der Waals surface area contributed by atoms with E-state index in [9.17, 15) is 5.11 Å². The van der Waals surface area contributed by atoms with Crippen molar-refractivity contribution in [3.63, 3.8) is 0 Å². The van der Waals surface area contributed by atoms with Crippen molar-refractivity contribution in [1.82, 2.24) is 19.9 Å². The quantitative estimate of drug-likeness (QED) is 0.538. The number of nitrogen functional groups attached to an aromatic ring is 1. The van der Waals surface area contributed by atoms with Gasteiger partial charge in [0.2, 0.25) is 0 Å². The van der Waals surface area contributed by atoms with Crippen LogP contribution in [-0.2, 0) is 0 Å². The number of rotatable bonds is 3. The highest BCUT2D eigenvalue weighted by Gasteiger charge is 2.36. The van der Waals surface area contributed by atoms with Gasteiger partial charge in [0.15, 0.2) is 5.58 Å². The maximum absolute atomic E-state index is 9.76. The van der Waals surface area contributed by atoms with Crippen LogP contribution in [0.1, 0.15) is 6.42 Å². The van der Waals surface area contributed by atoms with Crippen molar-refractivity contribution in [2.45, 2.75) is 18.6 Å². The highest BCUT2D eigenvalue weighted by molar-refractivity contribution is 5.86. The van der Waals surface area contributed by atoms with Gasteiger partial charge < -0.3 is 20.2 Å². The number of aliphatic hydroxyl groups excluding tert-OH is 1. The number of anilines is 2. The Morgan fingerprint density at radius 1 is 0.967 bits per heavy atom. The van der Waals surface area contributed by atoms with Gasteiger partial charge in [-0.15, -0.1) is 0 Å². The SMILES string of the molecule is Nc1nc2cc(-c3ccc4ncc(N5CC(N6CC[C@@H](O)C6)C5)nc4c3)ccc2o1. The number of nitrogens with zero attached hydrogens (tertiary/aromatic N) is 5. The Morgan fingerprint density at radius 2 is 1.77 bits per heavy atom. The van der Waals surface area contributed by atoms with Gasteiger partial charge in [-0.25, -0.2) is 4.98 Å². The lowest BCUT2D eigenvalue weighted by atomic mass is 10.0. The summed E-state index contributed by atoms with van der Waals surface area (Å²) in [6.45, 7) is 3.62. The van der Waals surface area contributed by atoms with Crippen LogP contribution in [0.3, 0.4) is 0 Å².